The highest BCUT2D eigenvalue weighted by Gasteiger charge is 2.10. The lowest BCUT2D eigenvalue weighted by molar-refractivity contribution is 0.415. The molecule has 10 heteroatoms. The molecule has 0 spiro atoms. The molecule has 3 rings (SSSR count). The number of aromatic nitrogens is 6. The number of anilines is 2. The lowest BCUT2D eigenvalue weighted by Crippen LogP contribution is -2.04. The molecule has 0 saturated carbocycles. The van der Waals surface area contributed by atoms with Crippen LogP contribution in [0.4, 0.5) is 10.8 Å². The summed E-state index contributed by atoms with van der Waals surface area (Å²) in [5, 5.41) is 24.1. The SMILES string of the molecule is CCCn1nnnc1CSc1nnc(Nc2ccc(OC)cc2)s1. The van der Waals surface area contributed by atoms with Gasteiger partial charge in [-0.1, -0.05) is 30.0 Å². The lowest BCUT2D eigenvalue weighted by atomic mass is 10.3. The van der Waals surface area contributed by atoms with Crippen LogP contribution in [0.1, 0.15) is 19.2 Å². The molecule has 0 unspecified atom stereocenters. The molecule has 0 fully saturated rings. The Morgan fingerprint density at radius 1 is 1.21 bits per heavy atom. The van der Waals surface area contributed by atoms with Gasteiger partial charge in [0, 0.05) is 12.2 Å². The third-order valence-corrected chi connectivity index (χ3v) is 5.08. The van der Waals surface area contributed by atoms with E-state index in [1.807, 2.05) is 28.9 Å². The molecule has 0 radical (unpaired) electrons. The van der Waals surface area contributed by atoms with Gasteiger partial charge in [-0.05, 0) is 41.1 Å². The number of aryl methyl sites for hydroxylation is 1. The number of thioether (sulfide) groups is 1. The molecule has 2 heterocycles. The molecule has 0 aliphatic rings. The fraction of sp³-hybridized carbons (Fsp3) is 0.357. The van der Waals surface area contributed by atoms with Crippen molar-refractivity contribution in [3.8, 4) is 5.75 Å². The van der Waals surface area contributed by atoms with Crippen LogP contribution in [0.25, 0.3) is 0 Å². The minimum absolute atomic E-state index is 0.671. The van der Waals surface area contributed by atoms with Crippen molar-refractivity contribution in [3.05, 3.63) is 30.1 Å². The van der Waals surface area contributed by atoms with Gasteiger partial charge in [-0.3, -0.25) is 0 Å². The number of nitrogens with zero attached hydrogens (tertiary/aromatic N) is 6. The number of hydrogen-bond donors (Lipinski definition) is 1. The maximum Gasteiger partial charge on any atom is 0.210 e. The number of rotatable bonds is 8. The monoisotopic (exact) mass is 363 g/mol. The summed E-state index contributed by atoms with van der Waals surface area (Å²) in [5.41, 5.74) is 0.940. The van der Waals surface area contributed by atoms with E-state index in [9.17, 15) is 0 Å². The van der Waals surface area contributed by atoms with E-state index in [-0.39, 0.29) is 0 Å². The molecule has 126 valence electrons. The van der Waals surface area contributed by atoms with E-state index >= 15 is 0 Å². The summed E-state index contributed by atoms with van der Waals surface area (Å²) in [6.45, 7) is 2.92. The van der Waals surface area contributed by atoms with Crippen molar-refractivity contribution in [2.24, 2.45) is 0 Å². The Bertz CT molecular complexity index is 772. The number of methoxy groups -OCH3 is 1. The Kier molecular flexibility index (Phi) is 5.59. The van der Waals surface area contributed by atoms with E-state index in [2.05, 4.69) is 38.0 Å². The molecular weight excluding hydrogens is 346 g/mol. The second-order valence-corrected chi connectivity index (χ2v) is 7.03. The van der Waals surface area contributed by atoms with Crippen LogP contribution in [0.15, 0.2) is 28.6 Å². The molecule has 24 heavy (non-hydrogen) atoms. The first-order chi connectivity index (χ1) is 11.8. The quantitative estimate of drug-likeness (QED) is 0.611. The molecule has 0 aliphatic carbocycles. The highest BCUT2D eigenvalue weighted by Crippen LogP contribution is 2.29. The zero-order valence-corrected chi connectivity index (χ0v) is 15.0. The van der Waals surface area contributed by atoms with Crippen LogP contribution in [-0.2, 0) is 12.3 Å². The maximum atomic E-state index is 5.14. The lowest BCUT2D eigenvalue weighted by Gasteiger charge is -2.03. The average molecular weight is 363 g/mol. The molecule has 8 nitrogen and oxygen atoms in total. The van der Waals surface area contributed by atoms with Crippen molar-refractivity contribution in [3.63, 3.8) is 0 Å². The summed E-state index contributed by atoms with van der Waals surface area (Å²) >= 11 is 3.08. The smallest absolute Gasteiger partial charge is 0.210 e. The van der Waals surface area contributed by atoms with Crippen LogP contribution < -0.4 is 10.1 Å². The Hall–Kier alpha value is -2.20. The third kappa shape index (κ3) is 4.20. The minimum atomic E-state index is 0.671. The van der Waals surface area contributed by atoms with Crippen LogP contribution in [0.2, 0.25) is 0 Å². The summed E-state index contributed by atoms with van der Waals surface area (Å²) in [4.78, 5) is 0. The molecule has 2 aromatic heterocycles. The molecule has 0 amide bonds. The fourth-order valence-corrected chi connectivity index (χ4v) is 3.66. The van der Waals surface area contributed by atoms with Gasteiger partial charge in [0.2, 0.25) is 5.13 Å². The molecule has 0 bridgehead atoms. The highest BCUT2D eigenvalue weighted by molar-refractivity contribution is 8.00. The van der Waals surface area contributed by atoms with Gasteiger partial charge in [0.25, 0.3) is 0 Å². The van der Waals surface area contributed by atoms with Gasteiger partial charge in [-0.15, -0.1) is 15.3 Å². The Labute approximate surface area is 147 Å². The maximum absolute atomic E-state index is 5.14. The van der Waals surface area contributed by atoms with Crippen molar-refractivity contribution >= 4 is 33.9 Å². The third-order valence-electron chi connectivity index (χ3n) is 3.11. The zero-order chi connectivity index (χ0) is 16.8. The van der Waals surface area contributed by atoms with Crippen LogP contribution in [0, 0.1) is 0 Å². The Morgan fingerprint density at radius 2 is 2.04 bits per heavy atom. The summed E-state index contributed by atoms with van der Waals surface area (Å²) < 4.78 is 7.84. The van der Waals surface area contributed by atoms with Crippen molar-refractivity contribution in [1.29, 1.82) is 0 Å². The average Bonchev–Trinajstić information content (AvgIpc) is 3.23. The first kappa shape index (κ1) is 16.7. The number of benzene rings is 1. The van der Waals surface area contributed by atoms with Gasteiger partial charge in [-0.25, -0.2) is 4.68 Å². The predicted molar refractivity (Wildman–Crippen MR) is 93.9 cm³/mol. The standard InChI is InChI=1S/C14H17N7OS2/c1-3-8-21-12(16-19-20-21)9-23-14-18-17-13(24-14)15-10-4-6-11(22-2)7-5-10/h4-7H,3,8-9H2,1-2H3,(H,15,17). The first-order valence-electron chi connectivity index (χ1n) is 7.41. The van der Waals surface area contributed by atoms with Gasteiger partial charge in [0.1, 0.15) is 5.75 Å². The van der Waals surface area contributed by atoms with Crippen molar-refractivity contribution in [2.75, 3.05) is 12.4 Å². The number of ether oxygens (including phenoxy) is 1. The van der Waals surface area contributed by atoms with E-state index < -0.39 is 0 Å². The van der Waals surface area contributed by atoms with E-state index in [0.29, 0.717) is 5.75 Å². The molecular formula is C14H17N7OS2. The Morgan fingerprint density at radius 3 is 2.79 bits per heavy atom. The number of tetrazole rings is 1. The highest BCUT2D eigenvalue weighted by atomic mass is 32.2. The second kappa shape index (κ2) is 8.06. The minimum Gasteiger partial charge on any atom is -0.497 e. The fourth-order valence-electron chi connectivity index (χ4n) is 1.95. The second-order valence-electron chi connectivity index (χ2n) is 4.83. The van der Waals surface area contributed by atoms with Crippen LogP contribution in [0.5, 0.6) is 5.75 Å². The molecule has 0 aliphatic heterocycles. The van der Waals surface area contributed by atoms with Gasteiger partial charge < -0.3 is 10.1 Å². The molecule has 0 saturated heterocycles. The molecule has 3 aromatic rings. The van der Waals surface area contributed by atoms with E-state index in [4.69, 9.17) is 4.74 Å². The van der Waals surface area contributed by atoms with Gasteiger partial charge in [0.15, 0.2) is 10.2 Å². The summed E-state index contributed by atoms with van der Waals surface area (Å²) in [6.07, 6.45) is 0.997. The zero-order valence-electron chi connectivity index (χ0n) is 13.3. The van der Waals surface area contributed by atoms with E-state index in [0.717, 1.165) is 39.7 Å². The number of nitrogens with one attached hydrogen (secondary N) is 1. The van der Waals surface area contributed by atoms with Gasteiger partial charge in [0.05, 0.1) is 12.9 Å². The summed E-state index contributed by atoms with van der Waals surface area (Å²) in [6, 6.07) is 7.66. The van der Waals surface area contributed by atoms with E-state index in [1.54, 1.807) is 18.9 Å². The van der Waals surface area contributed by atoms with Gasteiger partial charge in [-0.2, -0.15) is 0 Å². The summed E-state index contributed by atoms with van der Waals surface area (Å²) in [5.74, 6) is 2.34. The number of hydrogen-bond acceptors (Lipinski definition) is 9. The van der Waals surface area contributed by atoms with Crippen molar-refractivity contribution in [1.82, 2.24) is 30.4 Å². The van der Waals surface area contributed by atoms with Crippen LogP contribution in [0.3, 0.4) is 0 Å². The largest absolute Gasteiger partial charge is 0.497 e. The van der Waals surface area contributed by atoms with Crippen LogP contribution >= 0.6 is 23.1 Å². The molecule has 1 N–H and O–H groups in total. The van der Waals surface area contributed by atoms with Crippen molar-refractivity contribution < 1.29 is 4.74 Å². The van der Waals surface area contributed by atoms with Crippen LogP contribution in [-0.4, -0.2) is 37.5 Å². The van der Waals surface area contributed by atoms with E-state index in [1.165, 1.54) is 11.3 Å². The van der Waals surface area contributed by atoms with Gasteiger partial charge >= 0.3 is 0 Å². The first-order valence-corrected chi connectivity index (χ1v) is 9.21. The predicted octanol–water partition coefficient (Wildman–Crippen LogP) is 2.98. The summed E-state index contributed by atoms with van der Waals surface area (Å²) in [7, 11) is 1.65. The Balaban J connectivity index is 1.57. The normalized spacial score (nSPS) is 10.8. The molecule has 1 aromatic carbocycles. The molecule has 0 atom stereocenters. The topological polar surface area (TPSA) is 90.6 Å². The van der Waals surface area contributed by atoms with Crippen molar-refractivity contribution in [2.45, 2.75) is 30.0 Å².